The van der Waals surface area contributed by atoms with Gasteiger partial charge < -0.3 is 19.1 Å². The Morgan fingerprint density at radius 1 is 2.00 bits per heavy atom. The van der Waals surface area contributed by atoms with Crippen LogP contribution in [0.3, 0.4) is 0 Å². The molecule has 1 unspecified atom stereocenters. The molecule has 0 aliphatic rings. The second-order valence-corrected chi connectivity index (χ2v) is 2.83. The van der Waals surface area contributed by atoms with E-state index in [4.69, 9.17) is 5.11 Å². The van der Waals surface area contributed by atoms with Crippen LogP contribution in [0.5, 0.6) is 0 Å². The van der Waals surface area contributed by atoms with E-state index in [0.29, 0.717) is 0 Å². The predicted molar refractivity (Wildman–Crippen MR) is 21.7 cm³/mol. The summed E-state index contributed by atoms with van der Waals surface area (Å²) in [5.41, 5.74) is 0. The number of aliphatic hydroxyl groups is 1. The quantitative estimate of drug-likeness (QED) is 0.385. The standard InChI is InChI=1S/C2H7O4P/c1-7(4,5)6-2-3/h3H,2H2,1H3,(H,4,5)/p-1. The van der Waals surface area contributed by atoms with Gasteiger partial charge in [-0.1, -0.05) is 0 Å². The van der Waals surface area contributed by atoms with Gasteiger partial charge in [0, 0.05) is 6.66 Å². The van der Waals surface area contributed by atoms with Crippen molar-refractivity contribution < 1.29 is 19.1 Å². The molecule has 0 fully saturated rings. The summed E-state index contributed by atoms with van der Waals surface area (Å²) in [6, 6.07) is 0. The van der Waals surface area contributed by atoms with E-state index in [9.17, 15) is 9.46 Å². The first kappa shape index (κ1) is 7.11. The molecule has 0 saturated heterocycles. The molecule has 0 radical (unpaired) electrons. The molecule has 7 heavy (non-hydrogen) atoms. The van der Waals surface area contributed by atoms with E-state index < -0.39 is 14.4 Å². The molecule has 0 rings (SSSR count). The Labute approximate surface area is 41.3 Å². The zero-order chi connectivity index (χ0) is 5.91. The smallest absolute Gasteiger partial charge is 0.149 e. The van der Waals surface area contributed by atoms with E-state index >= 15 is 0 Å². The van der Waals surface area contributed by atoms with Crippen molar-refractivity contribution in [2.75, 3.05) is 13.5 Å². The molecular weight excluding hydrogens is 119 g/mol. The number of rotatable bonds is 2. The number of aliphatic hydroxyl groups excluding tert-OH is 1. The van der Waals surface area contributed by atoms with Gasteiger partial charge in [-0.15, -0.1) is 0 Å². The van der Waals surface area contributed by atoms with E-state index in [-0.39, 0.29) is 0 Å². The van der Waals surface area contributed by atoms with E-state index in [2.05, 4.69) is 4.52 Å². The minimum atomic E-state index is -3.67. The lowest BCUT2D eigenvalue weighted by Crippen LogP contribution is -2.02. The summed E-state index contributed by atoms with van der Waals surface area (Å²) in [7, 11) is -3.67. The van der Waals surface area contributed by atoms with E-state index in [1.165, 1.54) is 0 Å². The van der Waals surface area contributed by atoms with Crippen molar-refractivity contribution in [3.63, 3.8) is 0 Å². The largest absolute Gasteiger partial charge is 0.779 e. The Hall–Kier alpha value is 0.110. The second-order valence-electron chi connectivity index (χ2n) is 1.03. The molecule has 4 nitrogen and oxygen atoms in total. The molecule has 44 valence electrons. The first-order valence-electron chi connectivity index (χ1n) is 1.60. The van der Waals surface area contributed by atoms with Gasteiger partial charge in [-0.2, -0.15) is 0 Å². The molecule has 0 aliphatic carbocycles. The Balaban J connectivity index is 3.36. The molecular formula is C2H6O4P-. The van der Waals surface area contributed by atoms with Gasteiger partial charge in [-0.05, 0) is 0 Å². The van der Waals surface area contributed by atoms with Gasteiger partial charge in [0.05, 0.1) is 0 Å². The van der Waals surface area contributed by atoms with Gasteiger partial charge >= 0.3 is 0 Å². The highest BCUT2D eigenvalue weighted by Crippen LogP contribution is 2.29. The normalized spacial score (nSPS) is 18.7. The maximum atomic E-state index is 9.88. The summed E-state index contributed by atoms with van der Waals surface area (Å²) in [6.07, 6.45) is 0. The van der Waals surface area contributed by atoms with E-state index in [1.54, 1.807) is 0 Å². The van der Waals surface area contributed by atoms with Gasteiger partial charge in [-0.3, -0.25) is 0 Å². The van der Waals surface area contributed by atoms with Crippen molar-refractivity contribution in [2.45, 2.75) is 0 Å². The van der Waals surface area contributed by atoms with Crippen LogP contribution in [-0.2, 0) is 9.09 Å². The van der Waals surface area contributed by atoms with Gasteiger partial charge in [0.1, 0.15) is 14.4 Å². The fourth-order valence-corrected chi connectivity index (χ4v) is 0.315. The molecule has 0 spiro atoms. The molecule has 1 N–H and O–H groups in total. The summed E-state index contributed by atoms with van der Waals surface area (Å²) in [4.78, 5) is 9.88. The van der Waals surface area contributed by atoms with Gasteiger partial charge in [-0.25, -0.2) is 0 Å². The predicted octanol–water partition coefficient (Wildman–Crippen LogP) is -0.864. The minimum absolute atomic E-state index is 0.767. The summed E-state index contributed by atoms with van der Waals surface area (Å²) in [5.74, 6) is 0. The van der Waals surface area contributed by atoms with Crippen LogP contribution < -0.4 is 4.89 Å². The van der Waals surface area contributed by atoms with Crippen LogP contribution in [0.15, 0.2) is 0 Å². The van der Waals surface area contributed by atoms with Crippen molar-refractivity contribution >= 4 is 7.60 Å². The summed E-state index contributed by atoms with van der Waals surface area (Å²) in [6.45, 7) is 0.125. The molecule has 1 atom stereocenters. The Morgan fingerprint density at radius 2 is 2.43 bits per heavy atom. The molecule has 0 aliphatic heterocycles. The molecule has 0 amide bonds. The minimum Gasteiger partial charge on any atom is -0.779 e. The van der Waals surface area contributed by atoms with Crippen LogP contribution in [0.2, 0.25) is 0 Å². The number of hydrogen-bond acceptors (Lipinski definition) is 4. The molecule has 0 aromatic rings. The van der Waals surface area contributed by atoms with Crippen LogP contribution in [0.4, 0.5) is 0 Å². The van der Waals surface area contributed by atoms with Crippen LogP contribution in [0, 0.1) is 0 Å². The highest BCUT2D eigenvalue weighted by molar-refractivity contribution is 7.50. The first-order chi connectivity index (χ1) is 3.06. The lowest BCUT2D eigenvalue weighted by molar-refractivity contribution is -0.201. The van der Waals surface area contributed by atoms with E-state index in [1.807, 2.05) is 0 Å². The molecule has 0 aromatic heterocycles. The van der Waals surface area contributed by atoms with E-state index in [0.717, 1.165) is 6.66 Å². The summed E-state index contributed by atoms with van der Waals surface area (Å²) >= 11 is 0. The van der Waals surface area contributed by atoms with Crippen LogP contribution in [0.25, 0.3) is 0 Å². The SMILES string of the molecule is CP(=O)([O-])OCO. The van der Waals surface area contributed by atoms with Crippen molar-refractivity contribution in [2.24, 2.45) is 0 Å². The van der Waals surface area contributed by atoms with Crippen molar-refractivity contribution in [3.05, 3.63) is 0 Å². The Kier molecular flexibility index (Phi) is 2.46. The third-order valence-corrected chi connectivity index (χ3v) is 0.877. The Morgan fingerprint density at radius 3 is 2.43 bits per heavy atom. The fourth-order valence-electron chi connectivity index (χ4n) is 0.105. The third-order valence-electron chi connectivity index (χ3n) is 0.292. The maximum Gasteiger partial charge on any atom is 0.149 e. The molecule has 0 saturated carbocycles. The lowest BCUT2D eigenvalue weighted by atomic mass is 11.6. The molecule has 0 aromatic carbocycles. The zero-order valence-electron chi connectivity index (χ0n) is 3.83. The van der Waals surface area contributed by atoms with Crippen molar-refractivity contribution in [1.82, 2.24) is 0 Å². The average molecular weight is 125 g/mol. The van der Waals surface area contributed by atoms with Crippen LogP contribution in [0.1, 0.15) is 0 Å². The third kappa shape index (κ3) is 6.11. The number of hydrogen-bond donors (Lipinski definition) is 1. The Bertz CT molecular complexity index is 83.7. The van der Waals surface area contributed by atoms with Crippen molar-refractivity contribution in [3.8, 4) is 0 Å². The second kappa shape index (κ2) is 2.43. The monoisotopic (exact) mass is 125 g/mol. The maximum absolute atomic E-state index is 9.88. The van der Waals surface area contributed by atoms with Crippen LogP contribution >= 0.6 is 7.60 Å². The van der Waals surface area contributed by atoms with Crippen LogP contribution in [-0.4, -0.2) is 18.6 Å². The zero-order valence-corrected chi connectivity index (χ0v) is 4.72. The lowest BCUT2D eigenvalue weighted by Gasteiger charge is -2.14. The summed E-state index contributed by atoms with van der Waals surface area (Å²) in [5, 5.41) is 7.81. The molecule has 0 heterocycles. The first-order valence-corrected chi connectivity index (χ1v) is 3.59. The highest BCUT2D eigenvalue weighted by atomic mass is 31.2. The average Bonchev–Trinajstić information content (AvgIpc) is 1.30. The van der Waals surface area contributed by atoms with Crippen molar-refractivity contribution in [1.29, 1.82) is 0 Å². The molecule has 0 bridgehead atoms. The van der Waals surface area contributed by atoms with Gasteiger partial charge in [0.15, 0.2) is 0 Å². The topological polar surface area (TPSA) is 69.6 Å². The fraction of sp³-hybridized carbons (Fsp3) is 1.00. The summed E-state index contributed by atoms with van der Waals surface area (Å²) < 4.78 is 13.7. The van der Waals surface area contributed by atoms with Gasteiger partial charge in [0.25, 0.3) is 0 Å². The molecule has 5 heteroatoms. The van der Waals surface area contributed by atoms with Gasteiger partial charge in [0.2, 0.25) is 0 Å². The highest BCUT2D eigenvalue weighted by Gasteiger charge is 1.92.